The minimum atomic E-state index is -1.03. The summed E-state index contributed by atoms with van der Waals surface area (Å²) < 4.78 is 11.3. The molecule has 0 radical (unpaired) electrons. The molecule has 7 heteroatoms. The summed E-state index contributed by atoms with van der Waals surface area (Å²) >= 11 is 0. The van der Waals surface area contributed by atoms with Crippen molar-refractivity contribution in [1.29, 1.82) is 0 Å². The fourth-order valence-electron chi connectivity index (χ4n) is 3.83. The number of para-hydroxylation sites is 1. The minimum absolute atomic E-state index is 0.0130. The summed E-state index contributed by atoms with van der Waals surface area (Å²) in [5, 5.41) is 29.4. The van der Waals surface area contributed by atoms with Gasteiger partial charge in [-0.2, -0.15) is 0 Å². The van der Waals surface area contributed by atoms with E-state index >= 15 is 0 Å². The van der Waals surface area contributed by atoms with Gasteiger partial charge < -0.3 is 24.8 Å². The summed E-state index contributed by atoms with van der Waals surface area (Å²) in [5.41, 5.74) is 0.914. The number of aliphatic hydroxyl groups excluding tert-OH is 2. The van der Waals surface area contributed by atoms with Crippen molar-refractivity contribution in [3.8, 4) is 5.75 Å². The highest BCUT2D eigenvalue weighted by Gasteiger charge is 2.39. The Hall–Kier alpha value is -2.48. The summed E-state index contributed by atoms with van der Waals surface area (Å²) in [6, 6.07) is 7.46. The smallest absolute Gasteiger partial charge is 0.303 e. The first kappa shape index (κ1) is 22.2. The Kier molecular flexibility index (Phi) is 7.79. The molecule has 0 amide bonds. The molecule has 0 bridgehead atoms. The van der Waals surface area contributed by atoms with Gasteiger partial charge in [0, 0.05) is 30.2 Å². The van der Waals surface area contributed by atoms with E-state index in [4.69, 9.17) is 14.6 Å². The fourth-order valence-corrected chi connectivity index (χ4v) is 3.83. The maximum absolute atomic E-state index is 12.3. The van der Waals surface area contributed by atoms with Crippen LogP contribution in [0.25, 0.3) is 0 Å². The molecule has 1 aromatic rings. The molecule has 2 aliphatic rings. The monoisotopic (exact) mass is 416 g/mol. The molecule has 3 N–H and O–H groups in total. The maximum atomic E-state index is 12.3. The Morgan fingerprint density at radius 3 is 2.87 bits per heavy atom. The molecule has 1 aliphatic carbocycles. The average Bonchev–Trinajstić information content (AvgIpc) is 3.00. The van der Waals surface area contributed by atoms with E-state index in [-0.39, 0.29) is 24.5 Å². The third kappa shape index (κ3) is 5.78. The Morgan fingerprint density at radius 2 is 2.07 bits per heavy atom. The molecule has 0 saturated heterocycles. The molecule has 7 nitrogen and oxygen atoms in total. The first-order valence-corrected chi connectivity index (χ1v) is 10.3. The zero-order valence-electron chi connectivity index (χ0n) is 16.7. The number of rotatable bonds is 9. The number of fused-ring (bicyclic) bond motifs is 1. The second kappa shape index (κ2) is 10.5. The Morgan fingerprint density at radius 1 is 1.27 bits per heavy atom. The van der Waals surface area contributed by atoms with Crippen LogP contribution in [0, 0.1) is 11.8 Å². The fraction of sp³-hybridized carbons (Fsp3) is 0.478. The van der Waals surface area contributed by atoms with Crippen molar-refractivity contribution in [2.24, 2.45) is 11.8 Å². The van der Waals surface area contributed by atoms with Gasteiger partial charge in [0.1, 0.15) is 17.6 Å². The summed E-state index contributed by atoms with van der Waals surface area (Å²) in [6.07, 6.45) is 6.12. The van der Waals surface area contributed by atoms with Gasteiger partial charge in [0.15, 0.2) is 0 Å². The number of Topliss-reactive ketones (excluding diaryl/α,β-unsaturated/α-hetero) is 1. The summed E-state index contributed by atoms with van der Waals surface area (Å²) in [5.74, 6) is -0.931. The van der Waals surface area contributed by atoms with Crippen molar-refractivity contribution in [3.63, 3.8) is 0 Å². The van der Waals surface area contributed by atoms with Crippen LogP contribution < -0.4 is 4.74 Å². The molecule has 1 fully saturated rings. The van der Waals surface area contributed by atoms with Crippen molar-refractivity contribution in [3.05, 3.63) is 54.1 Å². The van der Waals surface area contributed by atoms with E-state index in [9.17, 15) is 19.8 Å². The topological polar surface area (TPSA) is 113 Å². The van der Waals surface area contributed by atoms with Crippen LogP contribution in [-0.4, -0.2) is 45.6 Å². The Labute approximate surface area is 175 Å². The number of hydrogen-bond acceptors (Lipinski definition) is 6. The van der Waals surface area contributed by atoms with Crippen molar-refractivity contribution in [2.75, 3.05) is 0 Å². The molecule has 1 aromatic carbocycles. The normalized spacial score (nSPS) is 27.3. The number of ketones is 1. The van der Waals surface area contributed by atoms with E-state index in [1.54, 1.807) is 6.08 Å². The average molecular weight is 416 g/mol. The van der Waals surface area contributed by atoms with Crippen LogP contribution in [0.1, 0.15) is 37.7 Å². The second-order valence-electron chi connectivity index (χ2n) is 7.70. The van der Waals surface area contributed by atoms with Gasteiger partial charge in [-0.25, -0.2) is 0 Å². The molecule has 0 aromatic heterocycles. The predicted molar refractivity (Wildman–Crippen MR) is 109 cm³/mol. The summed E-state index contributed by atoms with van der Waals surface area (Å²) in [4.78, 5) is 22.8. The number of aliphatic carboxylic acids is 1. The zero-order chi connectivity index (χ0) is 21.5. The van der Waals surface area contributed by atoms with Gasteiger partial charge in [0.05, 0.1) is 12.7 Å². The first-order valence-electron chi connectivity index (χ1n) is 10.3. The van der Waals surface area contributed by atoms with Gasteiger partial charge in [0.2, 0.25) is 6.29 Å². The zero-order valence-corrected chi connectivity index (χ0v) is 16.7. The van der Waals surface area contributed by atoms with E-state index in [1.165, 1.54) is 6.08 Å². The second-order valence-corrected chi connectivity index (χ2v) is 7.70. The van der Waals surface area contributed by atoms with E-state index < -0.39 is 30.4 Å². The molecule has 162 valence electrons. The van der Waals surface area contributed by atoms with E-state index in [0.717, 1.165) is 5.56 Å². The van der Waals surface area contributed by atoms with Crippen LogP contribution >= 0.6 is 0 Å². The van der Waals surface area contributed by atoms with Crippen molar-refractivity contribution in [1.82, 2.24) is 0 Å². The Balaban J connectivity index is 1.55. The highest BCUT2D eigenvalue weighted by Crippen LogP contribution is 2.34. The summed E-state index contributed by atoms with van der Waals surface area (Å²) in [6.45, 7) is 0.339. The van der Waals surface area contributed by atoms with Crippen LogP contribution in [0.5, 0.6) is 5.75 Å². The highest BCUT2D eigenvalue weighted by atomic mass is 16.7. The molecular weight excluding hydrogens is 388 g/mol. The quantitative estimate of drug-likeness (QED) is 0.419. The molecule has 1 heterocycles. The number of carbonyl (C=O) groups excluding carboxylic acids is 1. The molecule has 1 saturated carbocycles. The third-order valence-electron chi connectivity index (χ3n) is 5.48. The number of unbranched alkanes of at least 4 members (excludes halogenated alkanes) is 1. The highest BCUT2D eigenvalue weighted by molar-refractivity contribution is 5.84. The predicted octanol–water partition coefficient (Wildman–Crippen LogP) is 2.61. The number of carboxylic acids is 1. The lowest BCUT2D eigenvalue weighted by Crippen LogP contribution is -2.36. The number of aliphatic hydroxyl groups is 2. The molecule has 0 unspecified atom stereocenters. The number of carboxylic acid groups (broad SMARTS) is 1. The number of ether oxygens (including phenoxy) is 2. The van der Waals surface area contributed by atoms with Gasteiger partial charge in [-0.15, -0.1) is 0 Å². The lowest BCUT2D eigenvalue weighted by molar-refractivity contribution is -0.152. The van der Waals surface area contributed by atoms with Crippen molar-refractivity contribution in [2.45, 2.75) is 57.2 Å². The van der Waals surface area contributed by atoms with E-state index in [2.05, 4.69) is 0 Å². The SMILES string of the molecule is O=C(O)CCC/C=C\C[C@H]1C(=O)C[C@@H](O)[C@@H]1/C=C/[C@@H](O)[C@@H]1OCc2ccccc2O1. The summed E-state index contributed by atoms with van der Waals surface area (Å²) in [7, 11) is 0. The van der Waals surface area contributed by atoms with Crippen molar-refractivity contribution < 1.29 is 34.4 Å². The number of benzene rings is 1. The van der Waals surface area contributed by atoms with Crippen LogP contribution in [-0.2, 0) is 20.9 Å². The van der Waals surface area contributed by atoms with Gasteiger partial charge >= 0.3 is 5.97 Å². The number of allylic oxidation sites excluding steroid dienone is 2. The molecule has 5 atom stereocenters. The Bertz CT molecular complexity index is 800. The third-order valence-corrected chi connectivity index (χ3v) is 5.48. The molecular formula is C23H28O7. The van der Waals surface area contributed by atoms with Crippen LogP contribution in [0.2, 0.25) is 0 Å². The van der Waals surface area contributed by atoms with Crippen LogP contribution in [0.15, 0.2) is 48.6 Å². The van der Waals surface area contributed by atoms with Gasteiger partial charge in [0.25, 0.3) is 0 Å². The molecule has 3 rings (SSSR count). The lowest BCUT2D eigenvalue weighted by Gasteiger charge is -2.28. The largest absolute Gasteiger partial charge is 0.481 e. The molecule has 1 aliphatic heterocycles. The first-order chi connectivity index (χ1) is 14.5. The van der Waals surface area contributed by atoms with Crippen LogP contribution in [0.3, 0.4) is 0 Å². The van der Waals surface area contributed by atoms with Gasteiger partial charge in [-0.3, -0.25) is 9.59 Å². The number of hydrogen-bond donors (Lipinski definition) is 3. The standard InChI is InChI=1S/C23H28O7/c24-18(23-29-14-15-7-5-6-9-21(15)30-23)12-11-17-16(19(25)13-20(17)26)8-3-1-2-4-10-22(27)28/h1,3,5-7,9,11-12,16-18,20,23-24,26H,2,4,8,10,13-14H2,(H,27,28)/b3-1-,12-11+/t16-,17-,18-,20-,23-/m1/s1. The maximum Gasteiger partial charge on any atom is 0.303 e. The molecule has 0 spiro atoms. The van der Waals surface area contributed by atoms with E-state index in [1.807, 2.05) is 36.4 Å². The molecule has 30 heavy (non-hydrogen) atoms. The van der Waals surface area contributed by atoms with Gasteiger partial charge in [-0.1, -0.05) is 42.5 Å². The minimum Gasteiger partial charge on any atom is -0.481 e. The van der Waals surface area contributed by atoms with Gasteiger partial charge in [-0.05, 0) is 25.3 Å². The lowest BCUT2D eigenvalue weighted by atomic mass is 9.90. The number of carbonyl (C=O) groups is 2. The van der Waals surface area contributed by atoms with E-state index in [0.29, 0.717) is 31.6 Å². The van der Waals surface area contributed by atoms with Crippen molar-refractivity contribution >= 4 is 11.8 Å². The van der Waals surface area contributed by atoms with Crippen LogP contribution in [0.4, 0.5) is 0 Å².